The summed E-state index contributed by atoms with van der Waals surface area (Å²) in [4.78, 5) is 0. The molecule has 0 atom stereocenters. The maximum atomic E-state index is 10.1. The average Bonchev–Trinajstić information content (AvgIpc) is 2.21. The molecule has 0 aliphatic rings. The molecule has 8 nitrogen and oxygen atoms in total. The Balaban J connectivity index is -0.0000000377. The predicted molar refractivity (Wildman–Crippen MR) is 145 cm³/mol. The zero-order valence-electron chi connectivity index (χ0n) is 29.8. The third-order valence-electron chi connectivity index (χ3n) is 0. The maximum Gasteiger partial charge on any atom is 4.00 e. The summed E-state index contributed by atoms with van der Waals surface area (Å²) in [5, 5.41) is 70.7. The van der Waals surface area contributed by atoms with Gasteiger partial charge in [-0.15, -0.1) is 39.2 Å². The van der Waals surface area contributed by atoms with Crippen LogP contribution in [0.3, 0.4) is 0 Å². The van der Waals surface area contributed by atoms with Crippen molar-refractivity contribution in [1.29, 1.82) is 0 Å². The first-order valence-corrected chi connectivity index (χ1v) is 14.0. The van der Waals surface area contributed by atoms with Crippen molar-refractivity contribution < 1.29 is 89.3 Å². The molecular formula is C29H66Hf2O8. The zero-order chi connectivity index (χ0) is 34.2. The summed E-state index contributed by atoms with van der Waals surface area (Å²) in [5.41, 5.74) is -5.25. The van der Waals surface area contributed by atoms with E-state index in [1.807, 2.05) is 0 Å². The minimum Gasteiger partial charge on any atom is 4.00 e. The van der Waals surface area contributed by atoms with Gasteiger partial charge in [0.2, 0.25) is 0 Å². The van der Waals surface area contributed by atoms with Crippen LogP contribution in [0, 0.1) is 0 Å². The molecule has 0 aliphatic heterocycles. The van der Waals surface area contributed by atoms with E-state index in [-0.39, 0.29) is 25.8 Å². The Hall–Kier alpha value is 1.42. The first-order chi connectivity index (χ1) is 15.4. The van der Waals surface area contributed by atoms with Gasteiger partial charge in [-0.05, 0) is 0 Å². The van der Waals surface area contributed by atoms with E-state index >= 15 is 0 Å². The molecule has 0 aromatic heterocycles. The molecule has 0 aromatic rings. The fourth-order valence-corrected chi connectivity index (χ4v) is 0. The van der Waals surface area contributed by atoms with Gasteiger partial charge in [0.1, 0.15) is 0 Å². The summed E-state index contributed by atoms with van der Waals surface area (Å²) in [6, 6.07) is 0. The molecular weight excluding hydrogens is 833 g/mol. The molecule has 238 valence electrons. The van der Waals surface area contributed by atoms with Crippen LogP contribution in [0.5, 0.6) is 0 Å². The summed E-state index contributed by atoms with van der Waals surface area (Å²) in [7, 11) is 1.69. The van der Waals surface area contributed by atoms with Crippen molar-refractivity contribution in [3.05, 3.63) is 0 Å². The van der Waals surface area contributed by atoms with E-state index in [1.165, 1.54) is 0 Å². The molecule has 0 aromatic carbocycles. The van der Waals surface area contributed by atoms with Crippen LogP contribution in [0.4, 0.5) is 0 Å². The van der Waals surface area contributed by atoms with Crippen LogP contribution in [0.15, 0.2) is 0 Å². The predicted octanol–water partition coefficient (Wildman–Crippen LogP) is 1.11. The molecule has 0 radical (unpaired) electrons. The molecule has 10 heteroatoms. The van der Waals surface area contributed by atoms with Gasteiger partial charge in [0, 0.05) is 0 Å². The summed E-state index contributed by atoms with van der Waals surface area (Å²) in [5.74, 6) is 0. The Bertz CT molecular complexity index is 279. The Morgan fingerprint density at radius 1 is 0.308 bits per heavy atom. The van der Waals surface area contributed by atoms with Crippen molar-refractivity contribution in [1.82, 2.24) is 0 Å². The van der Waals surface area contributed by atoms with E-state index in [1.54, 1.807) is 153 Å². The van der Waals surface area contributed by atoms with E-state index < -0.39 is 39.2 Å². The van der Waals surface area contributed by atoms with Crippen LogP contribution >= 0.6 is 0 Å². The monoisotopic (exact) mass is 902 g/mol. The molecule has 0 aliphatic carbocycles. The molecule has 0 bridgehead atoms. The Morgan fingerprint density at radius 2 is 0.308 bits per heavy atom. The number of hydrogen-bond donors (Lipinski definition) is 0. The van der Waals surface area contributed by atoms with Crippen LogP contribution in [-0.4, -0.2) is 46.3 Å². The molecule has 0 spiro atoms. The second-order valence-corrected chi connectivity index (χ2v) is 16.5. The topological polar surface area (TPSA) is 171 Å². The normalized spacial score (nSPS) is 11.3. The van der Waals surface area contributed by atoms with Crippen molar-refractivity contribution >= 4 is 0 Å². The van der Waals surface area contributed by atoms with Gasteiger partial charge >= 0.3 is 60.6 Å². The third kappa shape index (κ3) is 27400. The van der Waals surface area contributed by atoms with Gasteiger partial charge < -0.3 is 35.7 Å². The van der Waals surface area contributed by atoms with Crippen molar-refractivity contribution in [3.8, 4) is 0 Å². The quantitative estimate of drug-likeness (QED) is 0.326. The van der Waals surface area contributed by atoms with Gasteiger partial charge in [0.25, 0.3) is 0 Å². The van der Waals surface area contributed by atoms with E-state index in [0.29, 0.717) is 0 Å². The van der Waals surface area contributed by atoms with Gasteiger partial charge in [-0.25, -0.2) is 0 Å². The maximum absolute atomic E-state index is 10.1. The molecule has 0 fully saturated rings. The molecule has 0 saturated carbocycles. The third-order valence-corrected chi connectivity index (χ3v) is 0. The van der Waals surface area contributed by atoms with Gasteiger partial charge in [0.05, 0.1) is 0 Å². The van der Waals surface area contributed by atoms with Crippen LogP contribution in [0.2, 0.25) is 0 Å². The van der Waals surface area contributed by atoms with Gasteiger partial charge in [0.15, 0.2) is 0 Å². The molecule has 39 heavy (non-hydrogen) atoms. The van der Waals surface area contributed by atoms with Crippen LogP contribution in [-0.2, 0) is 53.5 Å². The number of rotatable bonds is 0. The Morgan fingerprint density at radius 3 is 0.308 bits per heavy atom. The van der Waals surface area contributed by atoms with Crippen LogP contribution in [0.1, 0.15) is 145 Å². The minimum atomic E-state index is -0.750. The van der Waals surface area contributed by atoms with Crippen molar-refractivity contribution in [2.75, 3.05) is 7.11 Å². The smallest absolute Gasteiger partial charge is 4.00 e. The Kier molecular flexibility index (Phi) is 48.1. The first-order valence-electron chi connectivity index (χ1n) is 12.5. The van der Waals surface area contributed by atoms with Crippen molar-refractivity contribution in [2.45, 2.75) is 185 Å². The largest absolute Gasteiger partial charge is 4.00 e. The van der Waals surface area contributed by atoms with Crippen molar-refractivity contribution in [2.24, 2.45) is 0 Å². The summed E-state index contributed by atoms with van der Waals surface area (Å²) in [6.45, 7) is 34.3. The van der Waals surface area contributed by atoms with E-state index in [2.05, 4.69) is 2.85 Å². The SMILES string of the molecule is CC(C)(C)[O-].CC(C)(C)[O-].CC(C)(C)[O-].CC(C)(C)[O-].CC(C)(C)[O-].CC(C)(C)[O-].CC(C)(C)[O-].C[O][Hf+3].[Hf+4]. The molecule has 0 heterocycles. The molecule has 0 saturated heterocycles. The van der Waals surface area contributed by atoms with Crippen LogP contribution in [0.25, 0.3) is 0 Å². The minimum absolute atomic E-state index is 0. The summed E-state index contributed by atoms with van der Waals surface area (Å²) < 4.78 is 4.39. The zero-order valence-corrected chi connectivity index (χ0v) is 37.0. The summed E-state index contributed by atoms with van der Waals surface area (Å²) >= 11 is 0.869. The standard InChI is InChI=1S/7C4H9O.CH3O.2Hf/c7*1-4(2,3)5;1-2;;/h7*1-3H3;1H3;;/q8*-1;2*+4. The molecule has 0 amide bonds. The average molecular weight is 900 g/mol. The van der Waals surface area contributed by atoms with E-state index in [0.717, 1.165) is 24.8 Å². The van der Waals surface area contributed by atoms with Gasteiger partial charge in [-0.2, -0.15) is 0 Å². The second kappa shape index (κ2) is 29.5. The first kappa shape index (κ1) is 63.6. The van der Waals surface area contributed by atoms with Gasteiger partial charge in [-0.1, -0.05) is 145 Å². The number of hydrogen-bond acceptors (Lipinski definition) is 8. The summed E-state index contributed by atoms with van der Waals surface area (Å²) in [6.07, 6.45) is 0. The molecule has 0 rings (SSSR count). The molecule has 0 N–H and O–H groups in total. The fraction of sp³-hybridized carbons (Fsp3) is 1.00. The van der Waals surface area contributed by atoms with E-state index in [9.17, 15) is 35.7 Å². The van der Waals surface area contributed by atoms with Crippen LogP contribution < -0.4 is 35.7 Å². The second-order valence-electron chi connectivity index (χ2n) is 15.0. The molecule has 0 unspecified atom stereocenters. The van der Waals surface area contributed by atoms with Gasteiger partial charge in [-0.3, -0.25) is 0 Å². The Labute approximate surface area is 279 Å². The van der Waals surface area contributed by atoms with Crippen molar-refractivity contribution in [3.63, 3.8) is 0 Å². The fourth-order valence-electron chi connectivity index (χ4n) is 0. The van der Waals surface area contributed by atoms with E-state index in [4.69, 9.17) is 0 Å².